The van der Waals surface area contributed by atoms with Crippen molar-refractivity contribution in [2.24, 2.45) is 0 Å². The van der Waals surface area contributed by atoms with Crippen molar-refractivity contribution < 1.29 is 0 Å². The fourth-order valence-corrected chi connectivity index (χ4v) is 2.39. The normalized spacial score (nSPS) is 11.1. The van der Waals surface area contributed by atoms with E-state index in [1.807, 2.05) is 28.8 Å². The molecule has 0 saturated carbocycles. The zero-order valence-electron chi connectivity index (χ0n) is 8.88. The molecule has 5 nitrogen and oxygen atoms in total. The van der Waals surface area contributed by atoms with Gasteiger partial charge in [-0.15, -0.1) is 0 Å². The number of hydrogen-bond acceptors (Lipinski definition) is 4. The first-order valence-electron chi connectivity index (χ1n) is 5.11. The fraction of sp³-hybridized carbons (Fsp3) is 0.0909. The number of H-pyrrole nitrogens is 1. The van der Waals surface area contributed by atoms with E-state index in [9.17, 15) is 4.79 Å². The number of benzene rings is 1. The van der Waals surface area contributed by atoms with Gasteiger partial charge in [0.25, 0.3) is 0 Å². The summed E-state index contributed by atoms with van der Waals surface area (Å²) >= 11 is 1.15. The van der Waals surface area contributed by atoms with Crippen LogP contribution in [0.3, 0.4) is 0 Å². The number of imidazole rings is 1. The zero-order valence-corrected chi connectivity index (χ0v) is 9.70. The third kappa shape index (κ3) is 1.72. The standard InChI is InChI=1S/C11H10N4OS/c12-10-14-8-3-1-2-4-9(8)15(10)5-7-6-17-11(16)13-7/h1-4,6H,5H2,(H2,12,14)(H,13,16). The molecule has 0 radical (unpaired) electrons. The van der Waals surface area contributed by atoms with E-state index in [4.69, 9.17) is 5.73 Å². The molecule has 0 fully saturated rings. The van der Waals surface area contributed by atoms with Gasteiger partial charge in [0, 0.05) is 11.1 Å². The molecule has 0 bridgehead atoms. The molecule has 3 rings (SSSR count). The van der Waals surface area contributed by atoms with Gasteiger partial charge in [0.15, 0.2) is 0 Å². The average molecular weight is 246 g/mol. The number of anilines is 1. The number of nitrogen functional groups attached to an aromatic ring is 1. The Morgan fingerprint density at radius 3 is 3.00 bits per heavy atom. The van der Waals surface area contributed by atoms with Crippen molar-refractivity contribution in [1.29, 1.82) is 0 Å². The van der Waals surface area contributed by atoms with Crippen LogP contribution in [0.15, 0.2) is 34.4 Å². The number of hydrogen-bond donors (Lipinski definition) is 2. The molecule has 0 atom stereocenters. The van der Waals surface area contributed by atoms with Crippen LogP contribution in [0.2, 0.25) is 0 Å². The third-order valence-corrected chi connectivity index (χ3v) is 3.30. The summed E-state index contributed by atoms with van der Waals surface area (Å²) in [7, 11) is 0. The number of rotatable bonds is 2. The second-order valence-corrected chi connectivity index (χ2v) is 4.56. The predicted molar refractivity (Wildman–Crippen MR) is 68.2 cm³/mol. The first kappa shape index (κ1) is 10.1. The third-order valence-electron chi connectivity index (χ3n) is 2.58. The van der Waals surface area contributed by atoms with E-state index in [1.54, 1.807) is 5.38 Å². The molecule has 17 heavy (non-hydrogen) atoms. The number of nitrogens with one attached hydrogen (secondary N) is 1. The highest BCUT2D eigenvalue weighted by molar-refractivity contribution is 7.07. The summed E-state index contributed by atoms with van der Waals surface area (Å²) in [6, 6.07) is 7.74. The van der Waals surface area contributed by atoms with E-state index in [-0.39, 0.29) is 4.87 Å². The van der Waals surface area contributed by atoms with Crippen LogP contribution in [0.4, 0.5) is 5.95 Å². The van der Waals surface area contributed by atoms with Crippen LogP contribution in [-0.2, 0) is 6.54 Å². The second kappa shape index (κ2) is 3.74. The highest BCUT2D eigenvalue weighted by Gasteiger charge is 2.08. The number of nitrogens with two attached hydrogens (primary N) is 1. The number of fused-ring (bicyclic) bond motifs is 1. The van der Waals surface area contributed by atoms with Gasteiger partial charge >= 0.3 is 4.87 Å². The van der Waals surface area contributed by atoms with E-state index in [0.717, 1.165) is 28.1 Å². The van der Waals surface area contributed by atoms with Gasteiger partial charge in [0.05, 0.1) is 17.6 Å². The summed E-state index contributed by atoms with van der Waals surface area (Å²) in [6.45, 7) is 0.533. The maximum absolute atomic E-state index is 11.1. The minimum atomic E-state index is -0.0528. The predicted octanol–water partition coefficient (Wildman–Crippen LogP) is 1.42. The summed E-state index contributed by atoms with van der Waals surface area (Å²) < 4.78 is 1.88. The fourth-order valence-electron chi connectivity index (χ4n) is 1.82. The van der Waals surface area contributed by atoms with E-state index in [2.05, 4.69) is 9.97 Å². The van der Waals surface area contributed by atoms with Crippen molar-refractivity contribution >= 4 is 28.3 Å². The Balaban J connectivity index is 2.10. The highest BCUT2D eigenvalue weighted by atomic mass is 32.1. The summed E-state index contributed by atoms with van der Waals surface area (Å²) in [5.74, 6) is 0.457. The molecule has 86 valence electrons. The van der Waals surface area contributed by atoms with Crippen molar-refractivity contribution in [2.75, 3.05) is 5.73 Å². The Labute approximate surface area is 101 Å². The Bertz CT molecular complexity index is 724. The lowest BCUT2D eigenvalue weighted by atomic mass is 10.3. The number of para-hydroxylation sites is 2. The molecule has 0 aliphatic carbocycles. The second-order valence-electron chi connectivity index (χ2n) is 3.72. The molecular formula is C11H10N4OS. The van der Waals surface area contributed by atoms with E-state index in [1.165, 1.54) is 0 Å². The van der Waals surface area contributed by atoms with Crippen LogP contribution in [-0.4, -0.2) is 14.5 Å². The molecule has 3 aromatic rings. The first-order chi connectivity index (χ1) is 8.24. The summed E-state index contributed by atoms with van der Waals surface area (Å²) in [5, 5.41) is 1.80. The Kier molecular flexibility index (Phi) is 2.22. The van der Waals surface area contributed by atoms with Gasteiger partial charge < -0.3 is 15.3 Å². The van der Waals surface area contributed by atoms with Gasteiger partial charge in [-0.05, 0) is 12.1 Å². The number of aromatic nitrogens is 3. The van der Waals surface area contributed by atoms with E-state index >= 15 is 0 Å². The van der Waals surface area contributed by atoms with Gasteiger partial charge in [0.1, 0.15) is 0 Å². The minimum Gasteiger partial charge on any atom is -0.369 e. The zero-order chi connectivity index (χ0) is 11.8. The molecule has 6 heteroatoms. The maximum atomic E-state index is 11.1. The molecule has 0 saturated heterocycles. The van der Waals surface area contributed by atoms with Crippen LogP contribution in [0.1, 0.15) is 5.69 Å². The monoisotopic (exact) mass is 246 g/mol. The molecule has 2 heterocycles. The van der Waals surface area contributed by atoms with Crippen LogP contribution < -0.4 is 10.6 Å². The Morgan fingerprint density at radius 1 is 1.41 bits per heavy atom. The van der Waals surface area contributed by atoms with Gasteiger partial charge in [-0.3, -0.25) is 4.79 Å². The van der Waals surface area contributed by atoms with Crippen molar-refractivity contribution in [3.05, 3.63) is 45.0 Å². The lowest BCUT2D eigenvalue weighted by Crippen LogP contribution is -2.06. The van der Waals surface area contributed by atoms with Crippen LogP contribution in [0.25, 0.3) is 11.0 Å². The summed E-state index contributed by atoms with van der Waals surface area (Å²) in [4.78, 5) is 18.1. The van der Waals surface area contributed by atoms with Crippen molar-refractivity contribution in [3.8, 4) is 0 Å². The molecule has 0 spiro atoms. The maximum Gasteiger partial charge on any atom is 0.304 e. The molecule has 3 N–H and O–H groups in total. The average Bonchev–Trinajstić information content (AvgIpc) is 2.85. The Morgan fingerprint density at radius 2 is 2.24 bits per heavy atom. The van der Waals surface area contributed by atoms with Crippen LogP contribution >= 0.6 is 11.3 Å². The number of nitrogens with zero attached hydrogens (tertiary/aromatic N) is 2. The van der Waals surface area contributed by atoms with E-state index in [0.29, 0.717) is 12.5 Å². The molecule has 0 aliphatic rings. The van der Waals surface area contributed by atoms with Crippen LogP contribution in [0, 0.1) is 0 Å². The molecular weight excluding hydrogens is 236 g/mol. The molecule has 1 aromatic carbocycles. The lowest BCUT2D eigenvalue weighted by molar-refractivity contribution is 0.814. The summed E-state index contributed by atoms with van der Waals surface area (Å²) in [5.41, 5.74) is 8.55. The highest BCUT2D eigenvalue weighted by Crippen LogP contribution is 2.18. The van der Waals surface area contributed by atoms with Crippen LogP contribution in [0.5, 0.6) is 0 Å². The van der Waals surface area contributed by atoms with Gasteiger partial charge in [0.2, 0.25) is 5.95 Å². The summed E-state index contributed by atoms with van der Waals surface area (Å²) in [6.07, 6.45) is 0. The smallest absolute Gasteiger partial charge is 0.304 e. The first-order valence-corrected chi connectivity index (χ1v) is 5.99. The number of aromatic amines is 1. The largest absolute Gasteiger partial charge is 0.369 e. The lowest BCUT2D eigenvalue weighted by Gasteiger charge is -2.03. The quantitative estimate of drug-likeness (QED) is 0.718. The van der Waals surface area contributed by atoms with Crippen molar-refractivity contribution in [1.82, 2.24) is 14.5 Å². The SMILES string of the molecule is Nc1nc2ccccc2n1Cc1csc(=O)[nH]1. The van der Waals surface area contributed by atoms with Gasteiger partial charge in [-0.1, -0.05) is 23.5 Å². The molecule has 0 aliphatic heterocycles. The minimum absolute atomic E-state index is 0.0528. The number of thiazole rings is 1. The molecule has 0 unspecified atom stereocenters. The molecule has 2 aromatic heterocycles. The van der Waals surface area contributed by atoms with E-state index < -0.39 is 0 Å². The van der Waals surface area contributed by atoms with Gasteiger partial charge in [-0.2, -0.15) is 0 Å². The van der Waals surface area contributed by atoms with Crippen molar-refractivity contribution in [2.45, 2.75) is 6.54 Å². The van der Waals surface area contributed by atoms with Gasteiger partial charge in [-0.25, -0.2) is 4.98 Å². The topological polar surface area (TPSA) is 76.7 Å². The van der Waals surface area contributed by atoms with Crippen molar-refractivity contribution in [3.63, 3.8) is 0 Å². The molecule has 0 amide bonds. The Hall–Kier alpha value is -2.08.